The van der Waals surface area contributed by atoms with Crippen molar-refractivity contribution >= 4 is 5.78 Å². The highest BCUT2D eigenvalue weighted by atomic mass is 16.5. The van der Waals surface area contributed by atoms with Crippen molar-refractivity contribution in [1.82, 2.24) is 0 Å². The van der Waals surface area contributed by atoms with E-state index < -0.39 is 0 Å². The van der Waals surface area contributed by atoms with Crippen molar-refractivity contribution in [3.05, 3.63) is 29.8 Å². The van der Waals surface area contributed by atoms with Gasteiger partial charge in [0.15, 0.2) is 5.78 Å². The summed E-state index contributed by atoms with van der Waals surface area (Å²) in [5.41, 5.74) is 0.670. The molecule has 0 unspecified atom stereocenters. The van der Waals surface area contributed by atoms with E-state index in [1.807, 2.05) is 19.1 Å². The van der Waals surface area contributed by atoms with E-state index in [4.69, 9.17) is 9.47 Å². The lowest BCUT2D eigenvalue weighted by Crippen LogP contribution is -2.06. The van der Waals surface area contributed by atoms with Gasteiger partial charge in [0.05, 0.1) is 6.61 Å². The Morgan fingerprint density at radius 3 is 2.80 bits per heavy atom. The smallest absolute Gasteiger partial charge is 0.159 e. The molecule has 82 valence electrons. The number of carbonyl (C=O) groups is 1. The Bertz CT molecular complexity index is 320. The summed E-state index contributed by atoms with van der Waals surface area (Å²) < 4.78 is 10.6. The molecule has 15 heavy (non-hydrogen) atoms. The second-order valence-corrected chi connectivity index (χ2v) is 3.13. The van der Waals surface area contributed by atoms with Gasteiger partial charge in [0.1, 0.15) is 12.4 Å². The first kappa shape index (κ1) is 11.7. The molecule has 1 aromatic rings. The monoisotopic (exact) mass is 208 g/mol. The molecule has 0 saturated carbocycles. The predicted octanol–water partition coefficient (Wildman–Crippen LogP) is 2.30. The molecule has 0 atom stereocenters. The minimum absolute atomic E-state index is 0.0465. The van der Waals surface area contributed by atoms with E-state index in [1.54, 1.807) is 19.1 Å². The number of hydrogen-bond acceptors (Lipinski definition) is 3. The summed E-state index contributed by atoms with van der Waals surface area (Å²) in [6, 6.07) is 7.16. The van der Waals surface area contributed by atoms with Crippen LogP contribution in [0.4, 0.5) is 0 Å². The van der Waals surface area contributed by atoms with Crippen LogP contribution in [0.5, 0.6) is 5.75 Å². The summed E-state index contributed by atoms with van der Waals surface area (Å²) in [6.07, 6.45) is 0. The molecule has 0 aliphatic heterocycles. The number of hydrogen-bond donors (Lipinski definition) is 0. The maximum Gasteiger partial charge on any atom is 0.159 e. The second-order valence-electron chi connectivity index (χ2n) is 3.13. The molecule has 0 radical (unpaired) electrons. The fourth-order valence-corrected chi connectivity index (χ4v) is 1.17. The van der Waals surface area contributed by atoms with Gasteiger partial charge in [0.25, 0.3) is 0 Å². The highest BCUT2D eigenvalue weighted by Crippen LogP contribution is 2.13. The maximum atomic E-state index is 11.1. The van der Waals surface area contributed by atoms with Crippen LogP contribution in [0, 0.1) is 0 Å². The molecule has 0 aliphatic rings. The molecule has 0 aromatic heterocycles. The minimum Gasteiger partial charge on any atom is -0.491 e. The standard InChI is InChI=1S/C12H16O3/c1-3-14-7-8-15-12-6-4-5-11(9-12)10(2)13/h4-6,9H,3,7-8H2,1-2H3. The minimum atomic E-state index is 0.0465. The average Bonchev–Trinajstić information content (AvgIpc) is 2.25. The third-order valence-corrected chi connectivity index (χ3v) is 1.94. The van der Waals surface area contributed by atoms with Gasteiger partial charge in [-0.1, -0.05) is 12.1 Å². The zero-order valence-corrected chi connectivity index (χ0v) is 9.16. The van der Waals surface area contributed by atoms with E-state index in [-0.39, 0.29) is 5.78 Å². The fourth-order valence-electron chi connectivity index (χ4n) is 1.17. The van der Waals surface area contributed by atoms with Crippen LogP contribution in [0.3, 0.4) is 0 Å². The van der Waals surface area contributed by atoms with Gasteiger partial charge in [-0.05, 0) is 26.0 Å². The van der Waals surface area contributed by atoms with E-state index in [9.17, 15) is 4.79 Å². The maximum absolute atomic E-state index is 11.1. The Kier molecular flexibility index (Phi) is 4.84. The van der Waals surface area contributed by atoms with Crippen LogP contribution in [0.15, 0.2) is 24.3 Å². The Labute approximate surface area is 90.0 Å². The first-order chi connectivity index (χ1) is 7.24. The third-order valence-electron chi connectivity index (χ3n) is 1.94. The topological polar surface area (TPSA) is 35.5 Å². The van der Waals surface area contributed by atoms with Gasteiger partial charge in [-0.25, -0.2) is 0 Å². The number of Topliss-reactive ketones (excluding diaryl/α,β-unsaturated/α-hetero) is 1. The van der Waals surface area contributed by atoms with Gasteiger partial charge in [-0.2, -0.15) is 0 Å². The van der Waals surface area contributed by atoms with Crippen molar-refractivity contribution in [1.29, 1.82) is 0 Å². The van der Waals surface area contributed by atoms with Gasteiger partial charge in [-0.3, -0.25) is 4.79 Å². The van der Waals surface area contributed by atoms with Gasteiger partial charge in [0, 0.05) is 12.2 Å². The van der Waals surface area contributed by atoms with Crippen LogP contribution in [0.2, 0.25) is 0 Å². The van der Waals surface area contributed by atoms with Crippen molar-refractivity contribution < 1.29 is 14.3 Å². The lowest BCUT2D eigenvalue weighted by Gasteiger charge is -2.06. The number of carbonyl (C=O) groups excluding carboxylic acids is 1. The summed E-state index contributed by atoms with van der Waals surface area (Å²) in [7, 11) is 0. The number of rotatable bonds is 6. The van der Waals surface area contributed by atoms with Crippen LogP contribution in [0.1, 0.15) is 24.2 Å². The second kappa shape index (κ2) is 6.19. The Balaban J connectivity index is 2.47. The summed E-state index contributed by atoms with van der Waals surface area (Å²) in [5, 5.41) is 0. The molecule has 0 aliphatic carbocycles. The van der Waals surface area contributed by atoms with Crippen LogP contribution in [-0.4, -0.2) is 25.6 Å². The van der Waals surface area contributed by atoms with Crippen LogP contribution in [0.25, 0.3) is 0 Å². The van der Waals surface area contributed by atoms with Gasteiger partial charge in [0.2, 0.25) is 0 Å². The molecular formula is C12H16O3. The summed E-state index contributed by atoms with van der Waals surface area (Å²) in [6.45, 7) is 5.25. The highest BCUT2D eigenvalue weighted by molar-refractivity contribution is 5.94. The largest absolute Gasteiger partial charge is 0.491 e. The number of benzene rings is 1. The average molecular weight is 208 g/mol. The first-order valence-corrected chi connectivity index (χ1v) is 5.05. The molecular weight excluding hydrogens is 192 g/mol. The Morgan fingerprint density at radius 2 is 2.13 bits per heavy atom. The molecule has 0 saturated heterocycles. The summed E-state index contributed by atoms with van der Waals surface area (Å²) in [5.74, 6) is 0.757. The SMILES string of the molecule is CCOCCOc1cccc(C(C)=O)c1. The molecule has 0 amide bonds. The van der Waals surface area contributed by atoms with Crippen molar-refractivity contribution in [2.45, 2.75) is 13.8 Å². The van der Waals surface area contributed by atoms with E-state index in [0.717, 1.165) is 0 Å². The Hall–Kier alpha value is -1.35. The first-order valence-electron chi connectivity index (χ1n) is 5.05. The molecule has 0 N–H and O–H groups in total. The zero-order valence-electron chi connectivity index (χ0n) is 9.16. The van der Waals surface area contributed by atoms with Gasteiger partial charge < -0.3 is 9.47 Å². The van der Waals surface area contributed by atoms with Crippen LogP contribution < -0.4 is 4.74 Å². The molecule has 3 nitrogen and oxygen atoms in total. The molecule has 0 bridgehead atoms. The fraction of sp³-hybridized carbons (Fsp3) is 0.417. The van der Waals surface area contributed by atoms with Crippen molar-refractivity contribution in [3.8, 4) is 5.75 Å². The molecule has 1 aromatic carbocycles. The van der Waals surface area contributed by atoms with Crippen LogP contribution in [-0.2, 0) is 4.74 Å². The summed E-state index contributed by atoms with van der Waals surface area (Å²) >= 11 is 0. The lowest BCUT2D eigenvalue weighted by atomic mass is 10.1. The molecule has 0 heterocycles. The van der Waals surface area contributed by atoms with Crippen molar-refractivity contribution in [2.24, 2.45) is 0 Å². The number of ketones is 1. The molecule has 0 fully saturated rings. The predicted molar refractivity (Wildman–Crippen MR) is 58.4 cm³/mol. The lowest BCUT2D eigenvalue weighted by molar-refractivity contribution is 0.101. The normalized spacial score (nSPS) is 10.0. The Morgan fingerprint density at radius 1 is 1.33 bits per heavy atom. The molecule has 1 rings (SSSR count). The summed E-state index contributed by atoms with van der Waals surface area (Å²) in [4.78, 5) is 11.1. The quantitative estimate of drug-likeness (QED) is 0.531. The van der Waals surface area contributed by atoms with Crippen LogP contribution >= 0.6 is 0 Å². The molecule has 3 heteroatoms. The number of ether oxygens (including phenoxy) is 2. The van der Waals surface area contributed by atoms with Crippen molar-refractivity contribution in [2.75, 3.05) is 19.8 Å². The van der Waals surface area contributed by atoms with Gasteiger partial charge >= 0.3 is 0 Å². The molecule has 0 spiro atoms. The van der Waals surface area contributed by atoms with E-state index in [0.29, 0.717) is 31.1 Å². The van der Waals surface area contributed by atoms with Gasteiger partial charge in [-0.15, -0.1) is 0 Å². The van der Waals surface area contributed by atoms with Crippen molar-refractivity contribution in [3.63, 3.8) is 0 Å². The van der Waals surface area contributed by atoms with E-state index in [2.05, 4.69) is 0 Å². The van der Waals surface area contributed by atoms with E-state index in [1.165, 1.54) is 0 Å². The highest BCUT2D eigenvalue weighted by Gasteiger charge is 2.00. The van der Waals surface area contributed by atoms with E-state index >= 15 is 0 Å². The zero-order chi connectivity index (χ0) is 11.1. The third kappa shape index (κ3) is 4.13.